The van der Waals surface area contributed by atoms with Crippen molar-refractivity contribution in [2.24, 2.45) is 11.8 Å². The average molecular weight is 247 g/mol. The predicted molar refractivity (Wildman–Crippen MR) is 67.3 cm³/mol. The first-order valence-electron chi connectivity index (χ1n) is 6.15. The van der Waals surface area contributed by atoms with Crippen LogP contribution in [0.2, 0.25) is 0 Å². The van der Waals surface area contributed by atoms with E-state index in [1.165, 1.54) is 0 Å². The summed E-state index contributed by atoms with van der Waals surface area (Å²) in [7, 11) is -3.70. The zero-order chi connectivity index (χ0) is 13.0. The van der Waals surface area contributed by atoms with Crippen molar-refractivity contribution in [2.45, 2.75) is 16.5 Å². The topological polar surface area (TPSA) is 34.1 Å². The molecule has 1 fully saturated rings. The van der Waals surface area contributed by atoms with Gasteiger partial charge in [0.05, 0.1) is 11.5 Å². The van der Waals surface area contributed by atoms with Gasteiger partial charge in [0, 0.05) is 0 Å². The number of hydrogen-bond donors (Lipinski definition) is 0. The van der Waals surface area contributed by atoms with Gasteiger partial charge < -0.3 is 0 Å². The highest BCUT2D eigenvalue weighted by Gasteiger charge is 2.46. The van der Waals surface area contributed by atoms with E-state index in [9.17, 15) is 8.42 Å². The predicted octanol–water partition coefficient (Wildman–Crippen LogP) is 2.59. The summed E-state index contributed by atoms with van der Waals surface area (Å²) >= 11 is 0. The van der Waals surface area contributed by atoms with Crippen molar-refractivity contribution in [1.29, 1.82) is 0 Å². The molecule has 0 saturated heterocycles. The van der Waals surface area contributed by atoms with Crippen molar-refractivity contribution in [2.75, 3.05) is 0 Å². The van der Waals surface area contributed by atoms with Gasteiger partial charge >= 0.3 is 0 Å². The van der Waals surface area contributed by atoms with E-state index in [-0.39, 0.29) is 16.7 Å². The molecule has 0 aromatic heterocycles. The van der Waals surface area contributed by atoms with E-state index in [1.807, 2.05) is 12.2 Å². The maximum atomic E-state index is 12.7. The summed E-state index contributed by atoms with van der Waals surface area (Å²) in [6.45, 7) is 3.86. The minimum atomic E-state index is -3.70. The number of sulfone groups is 1. The largest absolute Gasteiger partial charge is 0.223 e. The van der Waals surface area contributed by atoms with Crippen LogP contribution in [-0.2, 0) is 9.84 Å². The van der Waals surface area contributed by atoms with Crippen LogP contribution in [0.1, 0.15) is 7.79 Å². The lowest BCUT2D eigenvalue weighted by Gasteiger charge is -2.20. The minimum absolute atomic E-state index is 0.0472. The minimum Gasteiger partial charge on any atom is -0.223 e. The molecule has 88 valence electrons. The molecule has 3 heteroatoms. The zero-order valence-corrected chi connectivity index (χ0v) is 10.2. The molecule has 1 aromatic carbocycles. The maximum absolute atomic E-state index is 12.7. The van der Waals surface area contributed by atoms with Crippen molar-refractivity contribution < 1.29 is 9.79 Å². The number of fused-ring (bicyclic) bond motifs is 2. The zero-order valence-electron chi connectivity index (χ0n) is 10.3. The molecule has 2 bridgehead atoms. The molecule has 3 rings (SSSR count). The Morgan fingerprint density at radius 3 is 2.53 bits per heavy atom. The summed E-state index contributed by atoms with van der Waals surface area (Å²) in [5.74, 6) is -0.216. The molecule has 0 unspecified atom stereocenters. The van der Waals surface area contributed by atoms with Crippen LogP contribution in [0.5, 0.6) is 0 Å². The summed E-state index contributed by atoms with van der Waals surface area (Å²) in [5.41, 5.74) is 0.513. The van der Waals surface area contributed by atoms with Crippen LogP contribution in [0.15, 0.2) is 59.5 Å². The van der Waals surface area contributed by atoms with Crippen LogP contribution in [0.3, 0.4) is 0 Å². The molecule has 17 heavy (non-hydrogen) atoms. The number of benzene rings is 1. The fraction of sp³-hybridized carbons (Fsp3) is 0.286. The van der Waals surface area contributed by atoms with Gasteiger partial charge in [-0.25, -0.2) is 8.42 Å². The highest BCUT2D eigenvalue weighted by molar-refractivity contribution is 7.92. The van der Waals surface area contributed by atoms with E-state index in [2.05, 4.69) is 6.58 Å². The summed E-state index contributed by atoms with van der Waals surface area (Å²) in [6.07, 6.45) is 4.53. The Bertz CT molecular complexity index is 633. The van der Waals surface area contributed by atoms with Crippen LogP contribution in [0.25, 0.3) is 0 Å². The van der Waals surface area contributed by atoms with E-state index < -0.39 is 15.1 Å². The second-order valence-electron chi connectivity index (χ2n) is 4.54. The van der Waals surface area contributed by atoms with E-state index in [0.717, 1.165) is 0 Å². The standard InChI is InChI=1S/C14H14O2S/c1-10-11-7-8-12(9-11)14(10)17(15,16)13-5-3-2-4-6-13/h2-8,11-12,14H,1,9H2/t11-,12+,14+/m1/s1/i14D. The van der Waals surface area contributed by atoms with E-state index in [4.69, 9.17) is 1.37 Å². The highest BCUT2D eigenvalue weighted by atomic mass is 32.2. The monoisotopic (exact) mass is 247 g/mol. The Balaban J connectivity index is 2.16. The van der Waals surface area contributed by atoms with Gasteiger partial charge in [-0.1, -0.05) is 42.5 Å². The smallest absolute Gasteiger partial charge is 0.185 e. The van der Waals surface area contributed by atoms with Crippen LogP contribution < -0.4 is 0 Å². The lowest BCUT2D eigenvalue weighted by Crippen LogP contribution is -2.27. The van der Waals surface area contributed by atoms with Gasteiger partial charge in [0.25, 0.3) is 0 Å². The van der Waals surface area contributed by atoms with Crippen molar-refractivity contribution in [3.63, 3.8) is 0 Å². The van der Waals surface area contributed by atoms with E-state index >= 15 is 0 Å². The number of hydrogen-bond acceptors (Lipinski definition) is 2. The third-order valence-electron chi connectivity index (χ3n) is 3.53. The molecule has 1 aromatic rings. The van der Waals surface area contributed by atoms with Gasteiger partial charge in [-0.3, -0.25) is 0 Å². The third kappa shape index (κ3) is 1.49. The molecule has 0 radical (unpaired) electrons. The van der Waals surface area contributed by atoms with E-state index in [1.54, 1.807) is 30.3 Å². The Morgan fingerprint density at radius 1 is 1.24 bits per heavy atom. The van der Waals surface area contributed by atoms with Gasteiger partial charge in [0.1, 0.15) is 0 Å². The maximum Gasteiger partial charge on any atom is 0.185 e. The first kappa shape index (κ1) is 9.66. The SMILES string of the molecule is [2H][C@]1(S(=O)(=O)c2ccccc2)C(=C)[C@@H]2C=C[C@H]1C2. The van der Waals surface area contributed by atoms with Gasteiger partial charge in [0.15, 0.2) is 9.84 Å². The average Bonchev–Trinajstić information content (AvgIpc) is 2.94. The fourth-order valence-corrected chi connectivity index (χ4v) is 4.51. The summed E-state index contributed by atoms with van der Waals surface area (Å²) < 4.78 is 33.8. The van der Waals surface area contributed by atoms with Crippen molar-refractivity contribution >= 4 is 9.84 Å². The fourth-order valence-electron chi connectivity index (χ4n) is 2.67. The van der Waals surface area contributed by atoms with Crippen LogP contribution in [0, 0.1) is 11.8 Å². The van der Waals surface area contributed by atoms with Crippen LogP contribution >= 0.6 is 0 Å². The second-order valence-corrected chi connectivity index (χ2v) is 6.46. The summed E-state index contributed by atoms with van der Waals surface area (Å²) in [4.78, 5) is 0.210. The van der Waals surface area contributed by atoms with Crippen LogP contribution in [0.4, 0.5) is 0 Å². The Morgan fingerprint density at radius 2 is 1.94 bits per heavy atom. The number of rotatable bonds is 2. The van der Waals surface area contributed by atoms with E-state index in [0.29, 0.717) is 12.0 Å². The molecule has 0 aliphatic heterocycles. The number of allylic oxidation sites excluding steroid dienone is 2. The molecule has 0 N–H and O–H groups in total. The quantitative estimate of drug-likeness (QED) is 0.753. The Kier molecular flexibility index (Phi) is 2.03. The molecule has 3 atom stereocenters. The molecule has 2 nitrogen and oxygen atoms in total. The first-order valence-corrected chi connectivity index (χ1v) is 7.13. The van der Waals surface area contributed by atoms with Crippen molar-refractivity contribution in [1.82, 2.24) is 0 Å². The van der Waals surface area contributed by atoms with Gasteiger partial charge in [-0.2, -0.15) is 0 Å². The second kappa shape index (κ2) is 3.57. The molecule has 2 aliphatic rings. The molecule has 0 heterocycles. The molecular formula is C14H14O2S. The Hall–Kier alpha value is -1.35. The molecule has 0 amide bonds. The van der Waals surface area contributed by atoms with Crippen molar-refractivity contribution in [3.8, 4) is 0 Å². The molecular weight excluding hydrogens is 232 g/mol. The normalized spacial score (nSPS) is 36.2. The highest BCUT2D eigenvalue weighted by Crippen LogP contribution is 2.47. The lowest BCUT2D eigenvalue weighted by molar-refractivity contribution is 0.573. The van der Waals surface area contributed by atoms with Crippen LogP contribution in [-0.4, -0.2) is 13.6 Å². The van der Waals surface area contributed by atoms with Crippen molar-refractivity contribution in [3.05, 3.63) is 54.6 Å². The first-order chi connectivity index (χ1) is 8.48. The summed E-state index contributed by atoms with van der Waals surface area (Å²) in [5, 5.41) is -1.59. The lowest BCUT2D eigenvalue weighted by atomic mass is 10.0. The molecule has 0 spiro atoms. The summed E-state index contributed by atoms with van der Waals surface area (Å²) in [6, 6.07) is 8.23. The molecule has 2 aliphatic carbocycles. The Labute approximate surface area is 103 Å². The molecule has 1 saturated carbocycles. The van der Waals surface area contributed by atoms with Gasteiger partial charge in [0.2, 0.25) is 0 Å². The third-order valence-corrected chi connectivity index (χ3v) is 5.56. The van der Waals surface area contributed by atoms with Gasteiger partial charge in [-0.05, 0) is 30.4 Å². The van der Waals surface area contributed by atoms with Gasteiger partial charge in [-0.15, -0.1) is 0 Å².